The Bertz CT molecular complexity index is 572. The van der Waals surface area contributed by atoms with E-state index in [0.717, 1.165) is 25.7 Å². The van der Waals surface area contributed by atoms with Crippen LogP contribution in [0.25, 0.3) is 0 Å². The molecule has 0 fully saturated rings. The maximum absolute atomic E-state index is 11.3. The molecular weight excluding hydrogens is 420 g/mol. The summed E-state index contributed by atoms with van der Waals surface area (Å²) in [5.74, 6) is 0. The highest BCUT2D eigenvalue weighted by atomic mass is 32.3. The van der Waals surface area contributed by atoms with Crippen LogP contribution in [0.4, 0.5) is 0 Å². The third-order valence-corrected chi connectivity index (χ3v) is 8.18. The van der Waals surface area contributed by atoms with E-state index in [1.807, 2.05) is 0 Å². The maximum Gasteiger partial charge on any atom is 0.287 e. The van der Waals surface area contributed by atoms with Gasteiger partial charge in [-0.2, -0.15) is 16.8 Å². The van der Waals surface area contributed by atoms with E-state index in [2.05, 4.69) is 6.92 Å². The van der Waals surface area contributed by atoms with Crippen molar-refractivity contribution in [2.24, 2.45) is 0 Å². The van der Waals surface area contributed by atoms with Crippen molar-refractivity contribution in [3.63, 3.8) is 0 Å². The van der Waals surface area contributed by atoms with Crippen molar-refractivity contribution < 1.29 is 35.8 Å². The third-order valence-electron chi connectivity index (χ3n) is 4.94. The van der Waals surface area contributed by atoms with Crippen LogP contribution in [-0.4, -0.2) is 54.4 Å². The van der Waals surface area contributed by atoms with Crippen LogP contribution in [0.15, 0.2) is 0 Å². The minimum absolute atomic E-state index is 0.527. The number of ether oxygens (including phenoxy) is 1. The smallest absolute Gasteiger partial charge is 0.287 e. The second kappa shape index (κ2) is 15.5. The van der Waals surface area contributed by atoms with Gasteiger partial charge in [0.1, 0.15) is 6.10 Å². The van der Waals surface area contributed by atoms with Gasteiger partial charge in [-0.05, 0) is 13.3 Å². The van der Waals surface area contributed by atoms with Crippen LogP contribution in [0.2, 0.25) is 0 Å². The highest BCUT2D eigenvalue weighted by molar-refractivity contribution is 8.04. The van der Waals surface area contributed by atoms with E-state index < -0.39 is 43.6 Å². The second-order valence-corrected chi connectivity index (χ2v) is 11.1. The van der Waals surface area contributed by atoms with Crippen LogP contribution in [0.5, 0.6) is 0 Å². The van der Waals surface area contributed by atoms with Crippen LogP contribution >= 0.6 is 0 Å². The van der Waals surface area contributed by atoms with Gasteiger partial charge in [0.05, 0.1) is 12.7 Å². The molecule has 10 heteroatoms. The molecule has 29 heavy (non-hydrogen) atoms. The SMILES string of the molecule is CCCCCCCCCCCCCCC(C)OC(CO)C(S(=O)(=O)O)S(=O)(=O)O. The molecule has 3 N–H and O–H groups in total. The van der Waals surface area contributed by atoms with E-state index in [4.69, 9.17) is 13.8 Å². The fraction of sp³-hybridized carbons (Fsp3) is 1.00. The molecule has 0 amide bonds. The van der Waals surface area contributed by atoms with E-state index in [1.54, 1.807) is 6.92 Å². The van der Waals surface area contributed by atoms with Crippen LogP contribution in [0, 0.1) is 0 Å². The molecule has 0 aliphatic heterocycles. The first kappa shape index (κ1) is 28.7. The first-order chi connectivity index (χ1) is 13.5. The summed E-state index contributed by atoms with van der Waals surface area (Å²) in [7, 11) is -10.3. The van der Waals surface area contributed by atoms with Crippen molar-refractivity contribution in [1.82, 2.24) is 0 Å². The summed E-state index contributed by atoms with van der Waals surface area (Å²) in [6.45, 7) is 2.88. The van der Waals surface area contributed by atoms with E-state index in [9.17, 15) is 21.9 Å². The molecule has 0 saturated carbocycles. The average Bonchev–Trinajstić information content (AvgIpc) is 2.59. The lowest BCUT2D eigenvalue weighted by molar-refractivity contribution is -0.0291. The Labute approximate surface area is 176 Å². The zero-order chi connectivity index (χ0) is 22.3. The number of hydrogen-bond donors (Lipinski definition) is 3. The molecule has 0 saturated heterocycles. The van der Waals surface area contributed by atoms with Gasteiger partial charge in [-0.25, -0.2) is 0 Å². The molecule has 0 aliphatic rings. The van der Waals surface area contributed by atoms with Gasteiger partial charge in [0.2, 0.25) is 4.58 Å². The van der Waals surface area contributed by atoms with Gasteiger partial charge in [-0.1, -0.05) is 84.0 Å². The largest absolute Gasteiger partial charge is 0.394 e. The first-order valence-electron chi connectivity index (χ1n) is 10.7. The highest BCUT2D eigenvalue weighted by Crippen LogP contribution is 2.19. The minimum Gasteiger partial charge on any atom is -0.394 e. The van der Waals surface area contributed by atoms with Crippen molar-refractivity contribution in [2.75, 3.05) is 6.61 Å². The van der Waals surface area contributed by atoms with Crippen molar-refractivity contribution in [3.05, 3.63) is 0 Å². The van der Waals surface area contributed by atoms with Crippen LogP contribution < -0.4 is 0 Å². The van der Waals surface area contributed by atoms with Crippen LogP contribution in [0.1, 0.15) is 97.3 Å². The summed E-state index contributed by atoms with van der Waals surface area (Å²) >= 11 is 0. The summed E-state index contributed by atoms with van der Waals surface area (Å²) in [6, 6.07) is 0. The maximum atomic E-state index is 11.3. The summed E-state index contributed by atoms with van der Waals surface area (Å²) in [5, 5.41) is 9.27. The molecule has 0 aromatic rings. The predicted molar refractivity (Wildman–Crippen MR) is 114 cm³/mol. The second-order valence-electron chi connectivity index (χ2n) is 7.74. The number of rotatable bonds is 19. The molecule has 2 unspecified atom stereocenters. The van der Waals surface area contributed by atoms with E-state index in [-0.39, 0.29) is 0 Å². The van der Waals surface area contributed by atoms with E-state index in [0.29, 0.717) is 6.42 Å². The van der Waals surface area contributed by atoms with Gasteiger partial charge in [0.15, 0.2) is 0 Å². The summed E-state index contributed by atoms with van der Waals surface area (Å²) < 4.78 is 65.8. The predicted octanol–water partition coefficient (Wildman–Crippen LogP) is 3.95. The Morgan fingerprint density at radius 2 is 1.10 bits per heavy atom. The van der Waals surface area contributed by atoms with Crippen molar-refractivity contribution >= 4 is 20.2 Å². The molecule has 0 radical (unpaired) electrons. The summed E-state index contributed by atoms with van der Waals surface area (Å²) in [5.41, 5.74) is 0. The highest BCUT2D eigenvalue weighted by Gasteiger charge is 2.43. The Balaban J connectivity index is 4.01. The Morgan fingerprint density at radius 1 is 0.724 bits per heavy atom. The molecule has 8 nitrogen and oxygen atoms in total. The number of hydrogen-bond acceptors (Lipinski definition) is 6. The van der Waals surface area contributed by atoms with Gasteiger partial charge in [0, 0.05) is 0 Å². The Kier molecular flexibility index (Phi) is 15.4. The first-order valence-corrected chi connectivity index (χ1v) is 13.7. The topological polar surface area (TPSA) is 138 Å². The molecule has 0 aliphatic carbocycles. The number of unbranched alkanes of at least 4 members (excludes halogenated alkanes) is 11. The molecule has 2 atom stereocenters. The van der Waals surface area contributed by atoms with Crippen LogP contribution in [0.3, 0.4) is 0 Å². The Morgan fingerprint density at radius 3 is 1.45 bits per heavy atom. The fourth-order valence-electron chi connectivity index (χ4n) is 3.37. The minimum atomic E-state index is -5.15. The van der Waals surface area contributed by atoms with Crippen molar-refractivity contribution in [3.8, 4) is 0 Å². The summed E-state index contributed by atoms with van der Waals surface area (Å²) in [6.07, 6.45) is 12.7. The number of aliphatic hydroxyl groups is 1. The normalized spacial score (nSPS) is 15.0. The fourth-order valence-corrected chi connectivity index (χ4v) is 5.67. The van der Waals surface area contributed by atoms with Gasteiger partial charge in [-0.3, -0.25) is 9.11 Å². The lowest BCUT2D eigenvalue weighted by atomic mass is 10.0. The zero-order valence-corrected chi connectivity index (χ0v) is 19.5. The number of aliphatic hydroxyl groups excluding tert-OH is 1. The molecule has 0 rings (SSSR count). The van der Waals surface area contributed by atoms with Crippen LogP contribution in [-0.2, 0) is 25.0 Å². The standard InChI is InChI=1S/C19H40O8S2/c1-3-4-5-6-7-8-9-10-11-12-13-14-15-17(2)27-18(16-20)19(28(21,22)23)29(24,25)26/h17-20H,3-16H2,1-2H3,(H,21,22,23)(H,24,25,26). The molecular formula is C19H40O8S2. The monoisotopic (exact) mass is 460 g/mol. The van der Waals surface area contributed by atoms with Crippen molar-refractivity contribution in [1.29, 1.82) is 0 Å². The van der Waals surface area contributed by atoms with Gasteiger partial charge in [-0.15, -0.1) is 0 Å². The quantitative estimate of drug-likeness (QED) is 0.195. The van der Waals surface area contributed by atoms with Gasteiger partial charge in [0.25, 0.3) is 20.2 Å². The molecule has 176 valence electrons. The average molecular weight is 461 g/mol. The van der Waals surface area contributed by atoms with Crippen molar-refractivity contribution in [2.45, 2.75) is 114 Å². The molecule has 0 spiro atoms. The lowest BCUT2D eigenvalue weighted by Gasteiger charge is -2.24. The molecule has 0 aromatic heterocycles. The van der Waals surface area contributed by atoms with E-state index in [1.165, 1.54) is 51.4 Å². The molecule has 0 bridgehead atoms. The Hall–Kier alpha value is -0.260. The van der Waals surface area contributed by atoms with Gasteiger partial charge >= 0.3 is 0 Å². The van der Waals surface area contributed by atoms with E-state index >= 15 is 0 Å². The molecule has 0 heterocycles. The molecule has 0 aromatic carbocycles. The summed E-state index contributed by atoms with van der Waals surface area (Å²) in [4.78, 5) is 0. The third kappa shape index (κ3) is 14.4. The zero-order valence-electron chi connectivity index (χ0n) is 17.8. The van der Waals surface area contributed by atoms with Gasteiger partial charge < -0.3 is 9.84 Å². The lowest BCUT2D eigenvalue weighted by Crippen LogP contribution is -2.45.